The molecule has 0 aliphatic rings. The minimum Gasteiger partial charge on any atom is -0.505 e. The third-order valence-electron chi connectivity index (χ3n) is 2.36. The molecule has 2 aromatic heterocycles. The molecule has 0 radical (unpaired) electrons. The van der Waals surface area contributed by atoms with Crippen molar-refractivity contribution in [2.45, 2.75) is 13.5 Å². The zero-order chi connectivity index (χ0) is 12.4. The Hall–Kier alpha value is -2.44. The lowest BCUT2D eigenvalue weighted by Crippen LogP contribution is -2.05. The van der Waals surface area contributed by atoms with Gasteiger partial charge < -0.3 is 10.8 Å². The fraction of sp³-hybridized carbons (Fsp3) is 0.200. The van der Waals surface area contributed by atoms with Gasteiger partial charge in [-0.05, 0) is 6.92 Å². The van der Waals surface area contributed by atoms with Crippen LogP contribution in [0.5, 0.6) is 5.75 Å². The van der Waals surface area contributed by atoms with Crippen molar-refractivity contribution in [2.75, 3.05) is 5.73 Å². The van der Waals surface area contributed by atoms with Crippen molar-refractivity contribution in [3.63, 3.8) is 0 Å². The number of carbonyl (C=O) groups is 1. The molecule has 0 spiro atoms. The minimum atomic E-state index is -0.106. The zero-order valence-electron chi connectivity index (χ0n) is 9.16. The zero-order valence-corrected chi connectivity index (χ0v) is 9.16. The van der Waals surface area contributed by atoms with Gasteiger partial charge >= 0.3 is 0 Å². The SMILES string of the molecule is Cc1ncc(Cn2cnc(N)n2)c(C=O)c1O. The minimum absolute atomic E-state index is 0.106. The Morgan fingerprint density at radius 1 is 1.53 bits per heavy atom. The number of nitrogens with zero attached hydrogens (tertiary/aromatic N) is 4. The van der Waals surface area contributed by atoms with Crippen LogP contribution >= 0.6 is 0 Å². The molecule has 2 heterocycles. The normalized spacial score (nSPS) is 10.4. The summed E-state index contributed by atoms with van der Waals surface area (Å²) in [5, 5.41) is 13.6. The van der Waals surface area contributed by atoms with E-state index in [1.807, 2.05) is 0 Å². The molecule has 3 N–H and O–H groups in total. The molecule has 0 fully saturated rings. The molecule has 0 amide bonds. The highest BCUT2D eigenvalue weighted by atomic mass is 16.3. The Morgan fingerprint density at radius 3 is 2.88 bits per heavy atom. The summed E-state index contributed by atoms with van der Waals surface area (Å²) >= 11 is 0. The number of anilines is 1. The Morgan fingerprint density at radius 2 is 2.29 bits per heavy atom. The van der Waals surface area contributed by atoms with Crippen LogP contribution < -0.4 is 5.73 Å². The molecule has 0 unspecified atom stereocenters. The van der Waals surface area contributed by atoms with Crippen LogP contribution in [0.2, 0.25) is 0 Å². The van der Waals surface area contributed by atoms with Crippen molar-refractivity contribution in [1.29, 1.82) is 0 Å². The van der Waals surface area contributed by atoms with E-state index in [9.17, 15) is 9.90 Å². The number of aldehydes is 1. The molecule has 17 heavy (non-hydrogen) atoms. The summed E-state index contributed by atoms with van der Waals surface area (Å²) < 4.78 is 1.47. The number of aromatic hydroxyl groups is 1. The molecular weight excluding hydrogens is 222 g/mol. The van der Waals surface area contributed by atoms with Gasteiger partial charge in [-0.2, -0.15) is 0 Å². The van der Waals surface area contributed by atoms with E-state index in [-0.39, 0.29) is 23.8 Å². The third-order valence-corrected chi connectivity index (χ3v) is 2.36. The van der Waals surface area contributed by atoms with Gasteiger partial charge in [0.2, 0.25) is 5.95 Å². The summed E-state index contributed by atoms with van der Waals surface area (Å²) in [5.41, 5.74) is 6.57. The fourth-order valence-electron chi connectivity index (χ4n) is 1.47. The third kappa shape index (κ3) is 2.07. The highest BCUT2D eigenvalue weighted by molar-refractivity contribution is 5.81. The van der Waals surface area contributed by atoms with E-state index in [0.717, 1.165) is 0 Å². The second-order valence-electron chi connectivity index (χ2n) is 3.55. The van der Waals surface area contributed by atoms with Gasteiger partial charge in [-0.15, -0.1) is 5.10 Å². The van der Waals surface area contributed by atoms with E-state index < -0.39 is 0 Å². The van der Waals surface area contributed by atoms with Crippen LogP contribution in [-0.4, -0.2) is 31.1 Å². The van der Waals surface area contributed by atoms with Crippen LogP contribution in [0.1, 0.15) is 21.6 Å². The van der Waals surface area contributed by atoms with Gasteiger partial charge in [-0.1, -0.05) is 0 Å². The summed E-state index contributed by atoms with van der Waals surface area (Å²) in [4.78, 5) is 18.7. The first-order valence-electron chi connectivity index (χ1n) is 4.89. The molecule has 0 aliphatic heterocycles. The second-order valence-corrected chi connectivity index (χ2v) is 3.55. The average molecular weight is 233 g/mol. The van der Waals surface area contributed by atoms with Crippen molar-refractivity contribution in [1.82, 2.24) is 19.7 Å². The molecule has 7 heteroatoms. The van der Waals surface area contributed by atoms with Crippen LogP contribution in [0.4, 0.5) is 5.95 Å². The summed E-state index contributed by atoms with van der Waals surface area (Å²) in [7, 11) is 0. The number of aryl methyl sites for hydroxylation is 1. The first-order chi connectivity index (χ1) is 8.11. The number of rotatable bonds is 3. The van der Waals surface area contributed by atoms with Gasteiger partial charge in [0.1, 0.15) is 12.1 Å². The van der Waals surface area contributed by atoms with E-state index in [4.69, 9.17) is 5.73 Å². The van der Waals surface area contributed by atoms with Crippen molar-refractivity contribution in [3.05, 3.63) is 29.3 Å². The van der Waals surface area contributed by atoms with Crippen LogP contribution in [0, 0.1) is 6.92 Å². The maximum Gasteiger partial charge on any atom is 0.239 e. The number of nitrogen functional groups attached to an aromatic ring is 1. The van der Waals surface area contributed by atoms with E-state index in [0.29, 0.717) is 17.5 Å². The Balaban J connectivity index is 2.39. The predicted octanol–water partition coefficient (Wildman–Crippen LogP) is 0.130. The number of hydrogen-bond donors (Lipinski definition) is 2. The molecule has 0 aliphatic carbocycles. The number of pyridine rings is 1. The molecule has 0 bridgehead atoms. The van der Waals surface area contributed by atoms with Crippen LogP contribution in [0.3, 0.4) is 0 Å². The number of aromatic nitrogens is 4. The molecule has 7 nitrogen and oxygen atoms in total. The van der Waals surface area contributed by atoms with Crippen LogP contribution in [0.25, 0.3) is 0 Å². The monoisotopic (exact) mass is 233 g/mol. The van der Waals surface area contributed by atoms with Crippen molar-refractivity contribution in [3.8, 4) is 5.75 Å². The lowest BCUT2D eigenvalue weighted by Gasteiger charge is -2.07. The lowest BCUT2D eigenvalue weighted by atomic mass is 10.1. The summed E-state index contributed by atoms with van der Waals surface area (Å²) in [5.74, 6) is 0.0486. The van der Waals surface area contributed by atoms with E-state index in [1.54, 1.807) is 6.92 Å². The van der Waals surface area contributed by atoms with Gasteiger partial charge in [0.25, 0.3) is 0 Å². The smallest absolute Gasteiger partial charge is 0.239 e. The molecular formula is C10H11N5O2. The first-order valence-corrected chi connectivity index (χ1v) is 4.89. The van der Waals surface area contributed by atoms with E-state index in [1.165, 1.54) is 17.2 Å². The van der Waals surface area contributed by atoms with Gasteiger partial charge in [0.15, 0.2) is 6.29 Å². The van der Waals surface area contributed by atoms with Gasteiger partial charge in [0.05, 0.1) is 17.8 Å². The predicted molar refractivity (Wildman–Crippen MR) is 59.6 cm³/mol. The topological polar surface area (TPSA) is 107 Å². The Kier molecular flexibility index (Phi) is 2.73. The first kappa shape index (κ1) is 11.1. The highest BCUT2D eigenvalue weighted by Gasteiger charge is 2.11. The van der Waals surface area contributed by atoms with E-state index in [2.05, 4.69) is 15.1 Å². The van der Waals surface area contributed by atoms with Gasteiger partial charge in [-0.25, -0.2) is 9.67 Å². The molecule has 0 atom stereocenters. The number of nitrogens with two attached hydrogens (primary N) is 1. The van der Waals surface area contributed by atoms with Crippen molar-refractivity contribution >= 4 is 12.2 Å². The number of carbonyl (C=O) groups excluding carboxylic acids is 1. The molecule has 0 saturated carbocycles. The van der Waals surface area contributed by atoms with Gasteiger partial charge in [0, 0.05) is 11.8 Å². The summed E-state index contributed by atoms with van der Waals surface area (Å²) in [6.45, 7) is 1.90. The quantitative estimate of drug-likeness (QED) is 0.730. The Bertz CT molecular complexity index is 564. The lowest BCUT2D eigenvalue weighted by molar-refractivity contribution is 0.111. The second kappa shape index (κ2) is 4.20. The molecule has 2 rings (SSSR count). The fourth-order valence-corrected chi connectivity index (χ4v) is 1.47. The van der Waals surface area contributed by atoms with Gasteiger partial charge in [-0.3, -0.25) is 9.78 Å². The molecule has 2 aromatic rings. The maximum atomic E-state index is 10.9. The largest absolute Gasteiger partial charge is 0.505 e. The molecule has 0 aromatic carbocycles. The average Bonchev–Trinajstić information content (AvgIpc) is 2.70. The standard InChI is InChI=1S/C10H11N5O2/c1-6-9(17)8(4-16)7(2-12-6)3-15-5-13-10(11)14-15/h2,4-5,17H,3H2,1H3,(H2,11,14). The maximum absolute atomic E-state index is 10.9. The Labute approximate surface area is 96.9 Å². The highest BCUT2D eigenvalue weighted by Crippen LogP contribution is 2.22. The summed E-state index contributed by atoms with van der Waals surface area (Å²) in [6, 6.07) is 0. The van der Waals surface area contributed by atoms with E-state index >= 15 is 0 Å². The van der Waals surface area contributed by atoms with Crippen molar-refractivity contribution < 1.29 is 9.90 Å². The molecule has 88 valence electrons. The van der Waals surface area contributed by atoms with Crippen LogP contribution in [-0.2, 0) is 6.54 Å². The molecule has 0 saturated heterocycles. The van der Waals surface area contributed by atoms with Crippen LogP contribution in [0.15, 0.2) is 12.5 Å². The summed E-state index contributed by atoms with van der Waals surface area (Å²) in [6.07, 6.45) is 3.57. The van der Waals surface area contributed by atoms with Crippen molar-refractivity contribution in [2.24, 2.45) is 0 Å². The number of hydrogen-bond acceptors (Lipinski definition) is 6.